The number of ketones is 1. The van der Waals surface area contributed by atoms with Gasteiger partial charge in [-0.25, -0.2) is 4.98 Å². The number of carbonyl (C=O) groups is 1. The highest BCUT2D eigenvalue weighted by molar-refractivity contribution is 7.13. The number of aromatic nitrogens is 1. The van der Waals surface area contributed by atoms with Crippen molar-refractivity contribution in [1.82, 2.24) is 4.98 Å². The van der Waals surface area contributed by atoms with Gasteiger partial charge >= 0.3 is 0 Å². The smallest absolute Gasteiger partial charge is 0.186 e. The molecule has 1 aromatic heterocycles. The molecule has 0 saturated heterocycles. The Morgan fingerprint density at radius 1 is 1.35 bits per heavy atom. The van der Waals surface area contributed by atoms with Gasteiger partial charge in [0.15, 0.2) is 10.9 Å². The maximum atomic E-state index is 11.2. The summed E-state index contributed by atoms with van der Waals surface area (Å²) in [5.41, 5.74) is 1.78. The van der Waals surface area contributed by atoms with Crippen LogP contribution in [0.5, 0.6) is 0 Å². The van der Waals surface area contributed by atoms with Crippen LogP contribution in [0.25, 0.3) is 0 Å². The molecule has 0 amide bonds. The maximum Gasteiger partial charge on any atom is 0.186 e. The number of thiazole rings is 1. The van der Waals surface area contributed by atoms with Crippen molar-refractivity contribution in [3.8, 4) is 0 Å². The molecule has 0 aliphatic rings. The molecule has 2 rings (SSSR count). The number of rotatable bonds is 4. The number of carbonyl (C=O) groups excluding carboxylic acids is 1. The second kappa shape index (κ2) is 5.10. The molecule has 88 valence electrons. The largest absolute Gasteiger partial charge is 0.347 e. The zero-order chi connectivity index (χ0) is 12.3. The van der Waals surface area contributed by atoms with Gasteiger partial charge in [0.1, 0.15) is 5.69 Å². The van der Waals surface area contributed by atoms with Gasteiger partial charge in [0.05, 0.1) is 0 Å². The van der Waals surface area contributed by atoms with E-state index >= 15 is 0 Å². The summed E-state index contributed by atoms with van der Waals surface area (Å²) in [6.07, 6.45) is 0. The molecule has 0 aliphatic carbocycles. The molecule has 2 aromatic rings. The number of hydrogen-bond acceptors (Lipinski definition) is 4. The van der Waals surface area contributed by atoms with Crippen LogP contribution < -0.4 is 4.90 Å². The second-order valence-electron chi connectivity index (χ2n) is 3.91. The fourth-order valence-electron chi connectivity index (χ4n) is 1.53. The van der Waals surface area contributed by atoms with Gasteiger partial charge in [-0.05, 0) is 5.56 Å². The zero-order valence-corrected chi connectivity index (χ0v) is 10.7. The third kappa shape index (κ3) is 2.91. The molecule has 3 nitrogen and oxygen atoms in total. The first kappa shape index (κ1) is 11.8. The van der Waals surface area contributed by atoms with E-state index in [1.807, 2.05) is 30.1 Å². The van der Waals surface area contributed by atoms with Crippen LogP contribution in [-0.4, -0.2) is 17.8 Å². The van der Waals surface area contributed by atoms with E-state index in [2.05, 4.69) is 17.1 Å². The zero-order valence-electron chi connectivity index (χ0n) is 9.88. The van der Waals surface area contributed by atoms with Crippen molar-refractivity contribution in [3.63, 3.8) is 0 Å². The first-order valence-electron chi connectivity index (χ1n) is 5.38. The van der Waals surface area contributed by atoms with Crippen LogP contribution in [0.2, 0.25) is 0 Å². The standard InChI is InChI=1S/C13H14N2OS/c1-10(16)12-9-17-13(14-12)15(2)8-11-6-4-3-5-7-11/h3-7,9H,8H2,1-2H3. The van der Waals surface area contributed by atoms with E-state index in [0.717, 1.165) is 11.7 Å². The van der Waals surface area contributed by atoms with Crippen molar-refractivity contribution >= 4 is 22.3 Å². The van der Waals surface area contributed by atoms with E-state index in [9.17, 15) is 4.79 Å². The minimum absolute atomic E-state index is 0.0145. The quantitative estimate of drug-likeness (QED) is 0.778. The molecule has 1 heterocycles. The third-order valence-corrected chi connectivity index (χ3v) is 3.40. The Kier molecular flexibility index (Phi) is 3.54. The lowest BCUT2D eigenvalue weighted by Crippen LogP contribution is -2.16. The minimum atomic E-state index is 0.0145. The first-order chi connectivity index (χ1) is 8.16. The van der Waals surface area contributed by atoms with Gasteiger partial charge in [-0.1, -0.05) is 30.3 Å². The van der Waals surface area contributed by atoms with Gasteiger partial charge in [-0.3, -0.25) is 4.79 Å². The topological polar surface area (TPSA) is 33.2 Å². The summed E-state index contributed by atoms with van der Waals surface area (Å²) < 4.78 is 0. The summed E-state index contributed by atoms with van der Waals surface area (Å²) in [6.45, 7) is 2.34. The molecule has 0 saturated carbocycles. The lowest BCUT2D eigenvalue weighted by Gasteiger charge is -2.15. The molecule has 0 bridgehead atoms. The molecule has 17 heavy (non-hydrogen) atoms. The van der Waals surface area contributed by atoms with E-state index in [0.29, 0.717) is 5.69 Å². The molecular formula is C13H14N2OS. The number of Topliss-reactive ketones (excluding diaryl/α,β-unsaturated/α-hetero) is 1. The predicted molar refractivity (Wildman–Crippen MR) is 70.7 cm³/mol. The molecule has 0 atom stereocenters. The van der Waals surface area contributed by atoms with Gasteiger partial charge in [0.2, 0.25) is 0 Å². The van der Waals surface area contributed by atoms with Crippen LogP contribution >= 0.6 is 11.3 Å². The van der Waals surface area contributed by atoms with Gasteiger partial charge < -0.3 is 4.90 Å². The average molecular weight is 246 g/mol. The van der Waals surface area contributed by atoms with E-state index in [1.54, 1.807) is 5.38 Å². The molecule has 0 unspecified atom stereocenters. The van der Waals surface area contributed by atoms with E-state index in [1.165, 1.54) is 23.8 Å². The highest BCUT2D eigenvalue weighted by Crippen LogP contribution is 2.21. The maximum absolute atomic E-state index is 11.2. The molecule has 0 aliphatic heterocycles. The lowest BCUT2D eigenvalue weighted by molar-refractivity contribution is 0.101. The Bertz CT molecular complexity index is 507. The fourth-order valence-corrected chi connectivity index (χ4v) is 2.36. The third-order valence-electron chi connectivity index (χ3n) is 2.44. The van der Waals surface area contributed by atoms with Crippen molar-refractivity contribution in [1.29, 1.82) is 0 Å². The molecule has 0 spiro atoms. The highest BCUT2D eigenvalue weighted by Gasteiger charge is 2.09. The van der Waals surface area contributed by atoms with Crippen LogP contribution in [0, 0.1) is 0 Å². The number of nitrogens with zero attached hydrogens (tertiary/aromatic N) is 2. The van der Waals surface area contributed by atoms with Gasteiger partial charge in [0, 0.05) is 25.9 Å². The van der Waals surface area contributed by atoms with Crippen molar-refractivity contribution in [3.05, 3.63) is 47.0 Å². The monoisotopic (exact) mass is 246 g/mol. The van der Waals surface area contributed by atoms with Crippen LogP contribution in [0.15, 0.2) is 35.7 Å². The molecular weight excluding hydrogens is 232 g/mol. The number of hydrogen-bond donors (Lipinski definition) is 0. The lowest BCUT2D eigenvalue weighted by atomic mass is 10.2. The predicted octanol–water partition coefficient (Wildman–Crippen LogP) is 2.98. The highest BCUT2D eigenvalue weighted by atomic mass is 32.1. The summed E-state index contributed by atoms with van der Waals surface area (Å²) in [7, 11) is 1.98. The summed E-state index contributed by atoms with van der Waals surface area (Å²) in [5.74, 6) is 0.0145. The second-order valence-corrected chi connectivity index (χ2v) is 4.75. The molecule has 4 heteroatoms. The summed E-state index contributed by atoms with van der Waals surface area (Å²) in [5, 5.41) is 2.68. The van der Waals surface area contributed by atoms with Crippen molar-refractivity contribution in [2.24, 2.45) is 0 Å². The summed E-state index contributed by atoms with van der Waals surface area (Å²) in [4.78, 5) is 17.5. The van der Waals surface area contributed by atoms with E-state index in [4.69, 9.17) is 0 Å². The fraction of sp³-hybridized carbons (Fsp3) is 0.231. The van der Waals surface area contributed by atoms with E-state index in [-0.39, 0.29) is 5.78 Å². The first-order valence-corrected chi connectivity index (χ1v) is 6.26. The minimum Gasteiger partial charge on any atom is -0.347 e. The Hall–Kier alpha value is -1.68. The normalized spacial score (nSPS) is 10.2. The van der Waals surface area contributed by atoms with E-state index < -0.39 is 0 Å². The van der Waals surface area contributed by atoms with Crippen molar-refractivity contribution in [2.75, 3.05) is 11.9 Å². The van der Waals surface area contributed by atoms with Crippen LogP contribution in [0.4, 0.5) is 5.13 Å². The van der Waals surface area contributed by atoms with Gasteiger partial charge in [-0.2, -0.15) is 0 Å². The Labute approximate surface area is 105 Å². The number of benzene rings is 1. The molecule has 1 aromatic carbocycles. The number of anilines is 1. The molecule has 0 radical (unpaired) electrons. The Morgan fingerprint density at radius 2 is 2.06 bits per heavy atom. The summed E-state index contributed by atoms with van der Waals surface area (Å²) in [6, 6.07) is 10.2. The molecule has 0 N–H and O–H groups in total. The van der Waals surface area contributed by atoms with Crippen LogP contribution in [-0.2, 0) is 6.54 Å². The van der Waals surface area contributed by atoms with Crippen LogP contribution in [0.1, 0.15) is 23.0 Å². The Balaban J connectivity index is 2.09. The van der Waals surface area contributed by atoms with Crippen molar-refractivity contribution in [2.45, 2.75) is 13.5 Å². The Morgan fingerprint density at radius 3 is 2.65 bits per heavy atom. The van der Waals surface area contributed by atoms with Crippen molar-refractivity contribution < 1.29 is 4.79 Å². The van der Waals surface area contributed by atoms with Crippen LogP contribution in [0.3, 0.4) is 0 Å². The average Bonchev–Trinajstić information content (AvgIpc) is 2.79. The van der Waals surface area contributed by atoms with Gasteiger partial charge in [0.25, 0.3) is 0 Å². The molecule has 0 fully saturated rings. The summed E-state index contributed by atoms with van der Waals surface area (Å²) >= 11 is 1.50. The van der Waals surface area contributed by atoms with Gasteiger partial charge in [-0.15, -0.1) is 11.3 Å². The SMILES string of the molecule is CC(=O)c1csc(N(C)Cc2ccccc2)n1.